The van der Waals surface area contributed by atoms with E-state index < -0.39 is 0 Å². The van der Waals surface area contributed by atoms with Crippen molar-refractivity contribution in [1.82, 2.24) is 15.0 Å². The van der Waals surface area contributed by atoms with Gasteiger partial charge in [-0.25, -0.2) is 15.0 Å². The summed E-state index contributed by atoms with van der Waals surface area (Å²) >= 11 is 1.77. The number of nitrogens with zero attached hydrogens (tertiary/aromatic N) is 3. The molecule has 5 heteroatoms. The standard InChI is InChI=1S/C51H31N3OS/c1-4-15-32(16-5-1)35-21-12-22-36(31-35)50-52-49(34-19-8-3-9-20-34)53-51(54-50)42-26-13-25-41-45-38(24-14-28-44(45)56-48(41)42)39-30-29-37(33-17-6-2-7-18-33)46-40-23-10-11-27-43(40)55-47(39)46/h1-31H. The molecule has 0 aliphatic heterocycles. The molecule has 0 saturated carbocycles. The Morgan fingerprint density at radius 1 is 0.357 bits per heavy atom. The van der Waals surface area contributed by atoms with Gasteiger partial charge in [0, 0.05) is 53.2 Å². The van der Waals surface area contributed by atoms with Crippen LogP contribution in [0.3, 0.4) is 0 Å². The van der Waals surface area contributed by atoms with E-state index in [1.54, 1.807) is 11.3 Å². The molecule has 0 atom stereocenters. The summed E-state index contributed by atoms with van der Waals surface area (Å²) in [5, 5.41) is 4.59. The Kier molecular flexibility index (Phi) is 7.64. The van der Waals surface area contributed by atoms with Gasteiger partial charge in [0.15, 0.2) is 17.5 Å². The fourth-order valence-electron chi connectivity index (χ4n) is 7.96. The van der Waals surface area contributed by atoms with Gasteiger partial charge in [0.2, 0.25) is 0 Å². The first kappa shape index (κ1) is 32.2. The number of hydrogen-bond donors (Lipinski definition) is 0. The van der Waals surface area contributed by atoms with Gasteiger partial charge in [-0.1, -0.05) is 158 Å². The Balaban J connectivity index is 1.12. The van der Waals surface area contributed by atoms with Crippen LogP contribution in [0.15, 0.2) is 192 Å². The first-order chi connectivity index (χ1) is 27.8. The lowest BCUT2D eigenvalue weighted by atomic mass is 9.93. The maximum absolute atomic E-state index is 6.75. The van der Waals surface area contributed by atoms with Crippen molar-refractivity contribution >= 4 is 53.4 Å². The first-order valence-corrected chi connectivity index (χ1v) is 19.5. The Morgan fingerprint density at radius 2 is 0.929 bits per heavy atom. The van der Waals surface area contributed by atoms with E-state index in [0.29, 0.717) is 17.5 Å². The van der Waals surface area contributed by atoms with Crippen LogP contribution in [0.25, 0.3) is 110 Å². The number of aromatic nitrogens is 3. The highest BCUT2D eigenvalue weighted by Crippen LogP contribution is 2.47. The Bertz CT molecular complexity index is 3240. The summed E-state index contributed by atoms with van der Waals surface area (Å²) in [5.74, 6) is 1.92. The lowest BCUT2D eigenvalue weighted by molar-refractivity contribution is 0.670. The number of rotatable bonds is 6. The highest BCUT2D eigenvalue weighted by atomic mass is 32.1. The van der Waals surface area contributed by atoms with Crippen molar-refractivity contribution in [2.75, 3.05) is 0 Å². The van der Waals surface area contributed by atoms with Gasteiger partial charge >= 0.3 is 0 Å². The molecule has 0 spiro atoms. The number of fused-ring (bicyclic) bond motifs is 6. The van der Waals surface area contributed by atoms with E-state index in [9.17, 15) is 0 Å². The van der Waals surface area contributed by atoms with Gasteiger partial charge in [-0.15, -0.1) is 11.3 Å². The molecule has 11 aromatic rings. The summed E-state index contributed by atoms with van der Waals surface area (Å²) in [6.07, 6.45) is 0. The van der Waals surface area contributed by atoms with E-state index in [-0.39, 0.29) is 0 Å². The zero-order valence-corrected chi connectivity index (χ0v) is 30.9. The molecule has 0 radical (unpaired) electrons. The predicted octanol–water partition coefficient (Wildman–Crippen LogP) is 14.1. The molecule has 11 rings (SSSR count). The van der Waals surface area contributed by atoms with Crippen molar-refractivity contribution in [3.63, 3.8) is 0 Å². The molecule has 262 valence electrons. The van der Waals surface area contributed by atoms with Crippen molar-refractivity contribution < 1.29 is 4.42 Å². The molecule has 56 heavy (non-hydrogen) atoms. The number of benzene rings is 8. The quantitative estimate of drug-likeness (QED) is 0.171. The van der Waals surface area contributed by atoms with Crippen molar-refractivity contribution in [2.24, 2.45) is 0 Å². The van der Waals surface area contributed by atoms with Crippen molar-refractivity contribution in [2.45, 2.75) is 0 Å². The Morgan fingerprint density at radius 3 is 1.73 bits per heavy atom. The zero-order chi connectivity index (χ0) is 37.0. The van der Waals surface area contributed by atoms with Crippen LogP contribution in [-0.4, -0.2) is 15.0 Å². The number of para-hydroxylation sites is 1. The molecule has 0 amide bonds. The number of thiophene rings is 1. The van der Waals surface area contributed by atoms with Crippen molar-refractivity contribution in [1.29, 1.82) is 0 Å². The number of furan rings is 1. The van der Waals surface area contributed by atoms with Gasteiger partial charge in [0.05, 0.1) is 0 Å². The zero-order valence-electron chi connectivity index (χ0n) is 30.1. The molecule has 3 heterocycles. The third kappa shape index (κ3) is 5.40. The van der Waals surface area contributed by atoms with Gasteiger partial charge in [0.1, 0.15) is 11.2 Å². The minimum Gasteiger partial charge on any atom is -0.455 e. The Labute approximate surface area is 327 Å². The van der Waals surface area contributed by atoms with E-state index in [0.717, 1.165) is 82.1 Å². The number of hydrogen-bond acceptors (Lipinski definition) is 5. The minimum absolute atomic E-state index is 0.635. The molecule has 0 N–H and O–H groups in total. The molecule has 0 unspecified atom stereocenters. The van der Waals surface area contributed by atoms with E-state index in [2.05, 4.69) is 158 Å². The summed E-state index contributed by atoms with van der Waals surface area (Å²) in [6.45, 7) is 0. The lowest BCUT2D eigenvalue weighted by Gasteiger charge is -2.11. The molecule has 3 aromatic heterocycles. The van der Waals surface area contributed by atoms with Gasteiger partial charge in [-0.3, -0.25) is 0 Å². The summed E-state index contributed by atoms with van der Waals surface area (Å²) in [5.41, 5.74) is 11.4. The van der Waals surface area contributed by atoms with E-state index >= 15 is 0 Å². The van der Waals surface area contributed by atoms with E-state index in [1.807, 2.05) is 30.3 Å². The molecular weight excluding hydrogens is 703 g/mol. The molecule has 0 aliphatic rings. The highest BCUT2D eigenvalue weighted by molar-refractivity contribution is 7.26. The summed E-state index contributed by atoms with van der Waals surface area (Å²) in [7, 11) is 0. The average Bonchev–Trinajstić information content (AvgIpc) is 3.86. The summed E-state index contributed by atoms with van der Waals surface area (Å²) < 4.78 is 9.07. The van der Waals surface area contributed by atoms with Crippen LogP contribution in [0, 0.1) is 0 Å². The lowest BCUT2D eigenvalue weighted by Crippen LogP contribution is -2.00. The summed E-state index contributed by atoms with van der Waals surface area (Å²) in [6, 6.07) is 65.5. The second-order valence-corrected chi connectivity index (χ2v) is 15.0. The van der Waals surface area contributed by atoms with Crippen LogP contribution < -0.4 is 0 Å². The normalized spacial score (nSPS) is 11.6. The van der Waals surface area contributed by atoms with Crippen LogP contribution in [0.2, 0.25) is 0 Å². The van der Waals surface area contributed by atoms with Crippen LogP contribution in [-0.2, 0) is 0 Å². The largest absolute Gasteiger partial charge is 0.455 e. The third-order valence-electron chi connectivity index (χ3n) is 10.6. The van der Waals surface area contributed by atoms with Crippen LogP contribution in [0.1, 0.15) is 0 Å². The van der Waals surface area contributed by atoms with Gasteiger partial charge < -0.3 is 4.42 Å². The highest BCUT2D eigenvalue weighted by Gasteiger charge is 2.22. The predicted molar refractivity (Wildman–Crippen MR) is 233 cm³/mol. The van der Waals surface area contributed by atoms with E-state index in [1.165, 1.54) is 10.1 Å². The molecule has 0 saturated heterocycles. The van der Waals surface area contributed by atoms with Crippen LogP contribution in [0.5, 0.6) is 0 Å². The van der Waals surface area contributed by atoms with Gasteiger partial charge in [0.25, 0.3) is 0 Å². The second kappa shape index (κ2) is 13.3. The molecule has 0 fully saturated rings. The first-order valence-electron chi connectivity index (χ1n) is 18.7. The van der Waals surface area contributed by atoms with Crippen molar-refractivity contribution in [3.05, 3.63) is 188 Å². The molecule has 0 bridgehead atoms. The monoisotopic (exact) mass is 733 g/mol. The topological polar surface area (TPSA) is 51.8 Å². The maximum atomic E-state index is 6.75. The fraction of sp³-hybridized carbons (Fsp3) is 0. The minimum atomic E-state index is 0.635. The molecule has 4 nitrogen and oxygen atoms in total. The SMILES string of the molecule is c1ccc(-c2cccc(-c3nc(-c4ccccc4)nc(-c4cccc5c4sc4cccc(-c6ccc(-c7ccccc7)c7c6oc6ccccc67)c45)n3)c2)cc1. The molecule has 0 aliphatic carbocycles. The maximum Gasteiger partial charge on any atom is 0.165 e. The van der Waals surface area contributed by atoms with Gasteiger partial charge in [-0.2, -0.15) is 0 Å². The smallest absolute Gasteiger partial charge is 0.165 e. The van der Waals surface area contributed by atoms with Gasteiger partial charge in [-0.05, 0) is 58.1 Å². The van der Waals surface area contributed by atoms with Crippen LogP contribution >= 0.6 is 11.3 Å². The molecular formula is C51H31N3OS. The average molecular weight is 734 g/mol. The summed E-state index contributed by atoms with van der Waals surface area (Å²) in [4.78, 5) is 15.4. The molecule has 8 aromatic carbocycles. The fourth-order valence-corrected chi connectivity index (χ4v) is 9.20. The van der Waals surface area contributed by atoms with Crippen molar-refractivity contribution in [3.8, 4) is 67.5 Å². The Hall–Kier alpha value is -7.21. The second-order valence-electron chi connectivity index (χ2n) is 13.9. The third-order valence-corrected chi connectivity index (χ3v) is 11.8. The van der Waals surface area contributed by atoms with E-state index in [4.69, 9.17) is 19.4 Å². The van der Waals surface area contributed by atoms with Crippen LogP contribution in [0.4, 0.5) is 0 Å².